The predicted octanol–water partition coefficient (Wildman–Crippen LogP) is 3.58. The molecule has 24 heavy (non-hydrogen) atoms. The summed E-state index contributed by atoms with van der Waals surface area (Å²) in [6, 6.07) is 15.3. The van der Waals surface area contributed by atoms with Gasteiger partial charge >= 0.3 is 0 Å². The van der Waals surface area contributed by atoms with E-state index in [0.29, 0.717) is 11.6 Å². The number of fused-ring (bicyclic) bond motifs is 1. The summed E-state index contributed by atoms with van der Waals surface area (Å²) in [5.41, 5.74) is 0.433. The molecule has 0 heterocycles. The Morgan fingerprint density at radius 1 is 1.00 bits per heavy atom. The van der Waals surface area contributed by atoms with E-state index in [2.05, 4.69) is 5.32 Å². The highest BCUT2D eigenvalue weighted by molar-refractivity contribution is 5.94. The first kappa shape index (κ1) is 16.1. The van der Waals surface area contributed by atoms with Gasteiger partial charge in [0.15, 0.2) is 0 Å². The zero-order chi connectivity index (χ0) is 17.1. The third kappa shape index (κ3) is 3.26. The van der Waals surface area contributed by atoms with Crippen molar-refractivity contribution in [2.45, 2.75) is 6.04 Å². The highest BCUT2D eigenvalue weighted by Gasteiger charge is 2.18. The number of aliphatic hydroxyl groups is 1. The SMILES string of the molecule is O=C(NC(CO)c1ccc2ccccc2c1)c1ccc(F)cc1F. The summed E-state index contributed by atoms with van der Waals surface area (Å²) < 4.78 is 26.6. The van der Waals surface area contributed by atoms with Gasteiger partial charge in [-0.05, 0) is 34.5 Å². The van der Waals surface area contributed by atoms with Crippen molar-refractivity contribution >= 4 is 16.7 Å². The van der Waals surface area contributed by atoms with Crippen molar-refractivity contribution in [2.75, 3.05) is 6.61 Å². The van der Waals surface area contributed by atoms with Gasteiger partial charge in [0.2, 0.25) is 0 Å². The molecule has 122 valence electrons. The van der Waals surface area contributed by atoms with E-state index in [4.69, 9.17) is 0 Å². The van der Waals surface area contributed by atoms with Crippen LogP contribution in [0.5, 0.6) is 0 Å². The quantitative estimate of drug-likeness (QED) is 0.769. The highest BCUT2D eigenvalue weighted by Crippen LogP contribution is 2.21. The molecule has 0 aliphatic heterocycles. The summed E-state index contributed by atoms with van der Waals surface area (Å²) >= 11 is 0. The van der Waals surface area contributed by atoms with E-state index in [1.807, 2.05) is 36.4 Å². The fourth-order valence-electron chi connectivity index (χ4n) is 2.57. The number of carbonyl (C=O) groups is 1. The summed E-state index contributed by atoms with van der Waals surface area (Å²) in [7, 11) is 0. The van der Waals surface area contributed by atoms with E-state index in [1.54, 1.807) is 6.07 Å². The molecule has 3 nitrogen and oxygen atoms in total. The summed E-state index contributed by atoms with van der Waals surface area (Å²) in [5.74, 6) is -2.40. The molecule has 0 saturated heterocycles. The number of aliphatic hydroxyl groups excluding tert-OH is 1. The first-order valence-electron chi connectivity index (χ1n) is 7.44. The maximum atomic E-state index is 13.7. The Kier molecular flexibility index (Phi) is 4.53. The Bertz CT molecular complexity index is 895. The molecule has 3 aromatic rings. The minimum atomic E-state index is -0.942. The topological polar surface area (TPSA) is 49.3 Å². The zero-order valence-corrected chi connectivity index (χ0v) is 12.7. The summed E-state index contributed by atoms with van der Waals surface area (Å²) in [4.78, 5) is 12.2. The molecule has 0 aliphatic rings. The first-order valence-corrected chi connectivity index (χ1v) is 7.44. The lowest BCUT2D eigenvalue weighted by molar-refractivity contribution is 0.0912. The standard InChI is InChI=1S/C19H15F2NO2/c20-15-7-8-16(17(21)10-15)19(24)22-18(11-23)14-6-5-12-3-1-2-4-13(12)9-14/h1-10,18,23H,11H2,(H,22,24). The molecule has 1 unspecified atom stereocenters. The second-order valence-corrected chi connectivity index (χ2v) is 5.44. The molecule has 0 aromatic heterocycles. The average molecular weight is 327 g/mol. The lowest BCUT2D eigenvalue weighted by Crippen LogP contribution is -2.31. The van der Waals surface area contributed by atoms with Crippen LogP contribution in [0.25, 0.3) is 10.8 Å². The average Bonchev–Trinajstić information content (AvgIpc) is 2.59. The van der Waals surface area contributed by atoms with Crippen LogP contribution in [0.4, 0.5) is 8.78 Å². The Labute approximate surface area is 137 Å². The Morgan fingerprint density at radius 2 is 1.75 bits per heavy atom. The largest absolute Gasteiger partial charge is 0.394 e. The molecule has 1 atom stereocenters. The van der Waals surface area contributed by atoms with Crippen molar-refractivity contribution in [3.05, 3.63) is 83.4 Å². The number of hydrogen-bond donors (Lipinski definition) is 2. The van der Waals surface area contributed by atoms with Gasteiger partial charge in [0.25, 0.3) is 5.91 Å². The van der Waals surface area contributed by atoms with Crippen molar-refractivity contribution in [3.63, 3.8) is 0 Å². The Morgan fingerprint density at radius 3 is 2.46 bits per heavy atom. The summed E-state index contributed by atoms with van der Waals surface area (Å²) in [6.45, 7) is -0.340. The van der Waals surface area contributed by atoms with Crippen LogP contribution in [-0.4, -0.2) is 17.6 Å². The second-order valence-electron chi connectivity index (χ2n) is 5.44. The molecule has 5 heteroatoms. The minimum absolute atomic E-state index is 0.268. The molecule has 0 saturated carbocycles. The van der Waals surface area contributed by atoms with Gasteiger partial charge in [-0.15, -0.1) is 0 Å². The molecule has 3 aromatic carbocycles. The van der Waals surface area contributed by atoms with E-state index in [9.17, 15) is 18.7 Å². The van der Waals surface area contributed by atoms with Crippen LogP contribution in [-0.2, 0) is 0 Å². The van der Waals surface area contributed by atoms with Crippen LogP contribution in [0.2, 0.25) is 0 Å². The number of amides is 1. The highest BCUT2D eigenvalue weighted by atomic mass is 19.1. The van der Waals surface area contributed by atoms with E-state index >= 15 is 0 Å². The van der Waals surface area contributed by atoms with Gasteiger partial charge in [0.05, 0.1) is 18.2 Å². The minimum Gasteiger partial charge on any atom is -0.394 e. The van der Waals surface area contributed by atoms with Crippen LogP contribution < -0.4 is 5.32 Å². The van der Waals surface area contributed by atoms with Gasteiger partial charge in [-0.1, -0.05) is 36.4 Å². The molecule has 3 rings (SSSR count). The van der Waals surface area contributed by atoms with Crippen molar-refractivity contribution in [2.24, 2.45) is 0 Å². The lowest BCUT2D eigenvalue weighted by Gasteiger charge is -2.17. The summed E-state index contributed by atoms with van der Waals surface area (Å²) in [6.07, 6.45) is 0. The van der Waals surface area contributed by atoms with Crippen LogP contribution >= 0.6 is 0 Å². The number of nitrogens with one attached hydrogen (secondary N) is 1. The van der Waals surface area contributed by atoms with E-state index in [-0.39, 0.29) is 12.2 Å². The Hall–Kier alpha value is -2.79. The molecule has 0 spiro atoms. The number of benzene rings is 3. The number of halogens is 2. The van der Waals surface area contributed by atoms with Crippen molar-refractivity contribution in [1.29, 1.82) is 0 Å². The molecule has 0 fully saturated rings. The van der Waals surface area contributed by atoms with Gasteiger partial charge in [-0.3, -0.25) is 4.79 Å². The fraction of sp³-hybridized carbons (Fsp3) is 0.105. The van der Waals surface area contributed by atoms with Gasteiger partial charge in [-0.25, -0.2) is 8.78 Å². The lowest BCUT2D eigenvalue weighted by atomic mass is 10.0. The van der Waals surface area contributed by atoms with Crippen LogP contribution in [0.1, 0.15) is 22.0 Å². The second kappa shape index (κ2) is 6.76. The molecule has 0 radical (unpaired) electrons. The molecule has 0 aliphatic carbocycles. The predicted molar refractivity (Wildman–Crippen MR) is 87.6 cm³/mol. The molecular formula is C19H15F2NO2. The first-order chi connectivity index (χ1) is 11.6. The monoisotopic (exact) mass is 327 g/mol. The summed E-state index contributed by atoms with van der Waals surface area (Å²) in [5, 5.41) is 14.2. The molecular weight excluding hydrogens is 312 g/mol. The van der Waals surface area contributed by atoms with Crippen molar-refractivity contribution < 1.29 is 18.7 Å². The van der Waals surface area contributed by atoms with Gasteiger partial charge in [-0.2, -0.15) is 0 Å². The van der Waals surface area contributed by atoms with Crippen molar-refractivity contribution in [3.8, 4) is 0 Å². The van der Waals surface area contributed by atoms with Crippen LogP contribution in [0.15, 0.2) is 60.7 Å². The van der Waals surface area contributed by atoms with Gasteiger partial charge in [0.1, 0.15) is 11.6 Å². The van der Waals surface area contributed by atoms with Gasteiger partial charge in [0, 0.05) is 6.07 Å². The van der Waals surface area contributed by atoms with Crippen LogP contribution in [0, 0.1) is 11.6 Å². The van der Waals surface area contributed by atoms with Crippen LogP contribution in [0.3, 0.4) is 0 Å². The zero-order valence-electron chi connectivity index (χ0n) is 12.7. The van der Waals surface area contributed by atoms with E-state index < -0.39 is 23.6 Å². The number of carbonyl (C=O) groups excluding carboxylic acids is 1. The normalized spacial score (nSPS) is 12.1. The van der Waals surface area contributed by atoms with Crippen molar-refractivity contribution in [1.82, 2.24) is 5.32 Å². The van der Waals surface area contributed by atoms with E-state index in [0.717, 1.165) is 22.9 Å². The molecule has 2 N–H and O–H groups in total. The maximum absolute atomic E-state index is 13.7. The Balaban J connectivity index is 1.86. The number of rotatable bonds is 4. The third-order valence-electron chi connectivity index (χ3n) is 3.84. The van der Waals surface area contributed by atoms with Gasteiger partial charge < -0.3 is 10.4 Å². The number of hydrogen-bond acceptors (Lipinski definition) is 2. The van der Waals surface area contributed by atoms with E-state index in [1.165, 1.54) is 0 Å². The smallest absolute Gasteiger partial charge is 0.254 e. The fourth-order valence-corrected chi connectivity index (χ4v) is 2.57. The molecule has 1 amide bonds. The third-order valence-corrected chi connectivity index (χ3v) is 3.84. The molecule has 0 bridgehead atoms. The maximum Gasteiger partial charge on any atom is 0.254 e.